The number of para-hydroxylation sites is 1. The molecule has 0 atom stereocenters. The summed E-state index contributed by atoms with van der Waals surface area (Å²) in [6.45, 7) is 0.670. The Kier molecular flexibility index (Phi) is 2.74. The second kappa shape index (κ2) is 4.86. The molecule has 1 aromatic carbocycles. The first-order valence-electron chi connectivity index (χ1n) is 6.74. The topological polar surface area (TPSA) is 48.5 Å². The van der Waals surface area contributed by atoms with Gasteiger partial charge in [-0.1, -0.05) is 18.2 Å². The molecule has 0 aliphatic carbocycles. The molecule has 0 saturated carbocycles. The predicted molar refractivity (Wildman–Crippen MR) is 80.2 cm³/mol. The minimum Gasteiger partial charge on any atom is -0.330 e. The summed E-state index contributed by atoms with van der Waals surface area (Å²) in [5.41, 5.74) is 3.06. The maximum absolute atomic E-state index is 4.72. The van der Waals surface area contributed by atoms with Crippen LogP contribution in [0.5, 0.6) is 0 Å². The Hall–Kier alpha value is -2.95. The molecule has 0 aliphatic heterocycles. The molecule has 4 aromatic rings. The number of aromatic nitrogens is 5. The summed E-state index contributed by atoms with van der Waals surface area (Å²) in [4.78, 5) is 13.0. The number of pyridine rings is 1. The van der Waals surface area contributed by atoms with Crippen molar-refractivity contribution in [2.24, 2.45) is 0 Å². The van der Waals surface area contributed by atoms with Gasteiger partial charge >= 0.3 is 0 Å². The van der Waals surface area contributed by atoms with Crippen LogP contribution in [0.3, 0.4) is 0 Å². The third kappa shape index (κ3) is 2.08. The van der Waals surface area contributed by atoms with Crippen LogP contribution in [0.4, 0.5) is 0 Å². The quantitative estimate of drug-likeness (QED) is 0.577. The maximum atomic E-state index is 4.72. The number of nitrogens with zero attached hydrogens (tertiary/aromatic N) is 5. The van der Waals surface area contributed by atoms with Crippen LogP contribution in [0.15, 0.2) is 67.5 Å². The predicted octanol–water partition coefficient (Wildman–Crippen LogP) is 2.67. The lowest BCUT2D eigenvalue weighted by Gasteiger charge is -2.09. The highest BCUT2D eigenvalue weighted by Gasteiger charge is 2.12. The van der Waals surface area contributed by atoms with Crippen molar-refractivity contribution in [3.8, 4) is 5.69 Å². The fraction of sp³-hybridized carbons (Fsp3) is 0.0625. The summed E-state index contributed by atoms with van der Waals surface area (Å²) in [5, 5.41) is 0. The first-order chi connectivity index (χ1) is 10.4. The van der Waals surface area contributed by atoms with E-state index in [1.165, 1.54) is 0 Å². The molecule has 0 bridgehead atoms. The van der Waals surface area contributed by atoms with Crippen LogP contribution in [0.25, 0.3) is 16.7 Å². The van der Waals surface area contributed by atoms with Crippen molar-refractivity contribution >= 4 is 11.0 Å². The van der Waals surface area contributed by atoms with Crippen molar-refractivity contribution in [3.63, 3.8) is 0 Å². The van der Waals surface area contributed by atoms with Gasteiger partial charge < -0.3 is 4.57 Å². The molecule has 0 unspecified atom stereocenters. The summed E-state index contributed by atoms with van der Waals surface area (Å²) in [7, 11) is 0. The number of benzene rings is 1. The highest BCUT2D eigenvalue weighted by atomic mass is 15.1. The average Bonchev–Trinajstić information content (AvgIpc) is 3.15. The van der Waals surface area contributed by atoms with Gasteiger partial charge in [0.1, 0.15) is 11.3 Å². The Morgan fingerprint density at radius 2 is 1.86 bits per heavy atom. The summed E-state index contributed by atoms with van der Waals surface area (Å²) >= 11 is 0. The standard InChI is InChI=1S/C16H13N5/c1-2-4-13(5-3-1)21-15-6-7-17-10-14(15)19-16(21)11-20-9-8-18-12-20/h1-10,12H,11H2. The molecule has 3 heterocycles. The molecule has 0 saturated heterocycles. The van der Waals surface area contributed by atoms with Gasteiger partial charge in [-0.15, -0.1) is 0 Å². The normalized spacial score (nSPS) is 11.0. The van der Waals surface area contributed by atoms with Gasteiger partial charge in [0.2, 0.25) is 0 Å². The van der Waals surface area contributed by atoms with Gasteiger partial charge in [-0.25, -0.2) is 9.97 Å². The lowest BCUT2D eigenvalue weighted by Crippen LogP contribution is -2.06. The zero-order valence-corrected chi connectivity index (χ0v) is 11.3. The summed E-state index contributed by atoms with van der Waals surface area (Å²) < 4.78 is 4.17. The van der Waals surface area contributed by atoms with Crippen LogP contribution < -0.4 is 0 Å². The Bertz CT molecular complexity index is 862. The summed E-state index contributed by atoms with van der Waals surface area (Å²) in [5.74, 6) is 0.960. The number of rotatable bonds is 3. The molecule has 0 fully saturated rings. The minimum atomic E-state index is 0.670. The van der Waals surface area contributed by atoms with Gasteiger partial charge in [0, 0.05) is 24.3 Å². The Morgan fingerprint density at radius 1 is 0.952 bits per heavy atom. The zero-order chi connectivity index (χ0) is 14.1. The molecule has 0 amide bonds. The van der Waals surface area contributed by atoms with Crippen LogP contribution in [0, 0.1) is 0 Å². The monoisotopic (exact) mass is 275 g/mol. The third-order valence-corrected chi connectivity index (χ3v) is 3.42. The smallest absolute Gasteiger partial charge is 0.134 e. The maximum Gasteiger partial charge on any atom is 0.134 e. The summed E-state index contributed by atoms with van der Waals surface area (Å²) in [6, 6.07) is 12.2. The van der Waals surface area contributed by atoms with Gasteiger partial charge in [-0.2, -0.15) is 0 Å². The number of hydrogen-bond acceptors (Lipinski definition) is 3. The van der Waals surface area contributed by atoms with E-state index in [2.05, 4.69) is 26.7 Å². The molecule has 102 valence electrons. The van der Waals surface area contributed by atoms with Crippen LogP contribution in [0.2, 0.25) is 0 Å². The van der Waals surface area contributed by atoms with Gasteiger partial charge in [-0.05, 0) is 18.2 Å². The van der Waals surface area contributed by atoms with Gasteiger partial charge in [-0.3, -0.25) is 9.55 Å². The highest BCUT2D eigenvalue weighted by Crippen LogP contribution is 2.21. The number of imidazole rings is 2. The molecular formula is C16H13N5. The van der Waals surface area contributed by atoms with Crippen molar-refractivity contribution in [2.45, 2.75) is 6.54 Å². The van der Waals surface area contributed by atoms with Crippen LogP contribution >= 0.6 is 0 Å². The van der Waals surface area contributed by atoms with E-state index in [9.17, 15) is 0 Å². The second-order valence-electron chi connectivity index (χ2n) is 4.80. The van der Waals surface area contributed by atoms with E-state index in [0.717, 1.165) is 22.5 Å². The molecule has 4 rings (SSSR count). The van der Waals surface area contributed by atoms with Crippen LogP contribution in [-0.4, -0.2) is 24.1 Å². The van der Waals surface area contributed by atoms with Crippen molar-refractivity contribution in [2.75, 3.05) is 0 Å². The molecule has 5 nitrogen and oxygen atoms in total. The van der Waals surface area contributed by atoms with E-state index >= 15 is 0 Å². The van der Waals surface area contributed by atoms with Crippen molar-refractivity contribution in [1.82, 2.24) is 24.1 Å². The van der Waals surface area contributed by atoms with Crippen LogP contribution in [-0.2, 0) is 6.54 Å². The first-order valence-corrected chi connectivity index (χ1v) is 6.74. The average molecular weight is 275 g/mol. The Morgan fingerprint density at radius 3 is 2.67 bits per heavy atom. The summed E-state index contributed by atoms with van der Waals surface area (Å²) in [6.07, 6.45) is 9.10. The fourth-order valence-electron chi connectivity index (χ4n) is 2.50. The Balaban J connectivity index is 1.93. The molecule has 0 aliphatic rings. The number of fused-ring (bicyclic) bond motifs is 1. The first kappa shape index (κ1) is 11.8. The second-order valence-corrected chi connectivity index (χ2v) is 4.80. The fourth-order valence-corrected chi connectivity index (χ4v) is 2.50. The molecule has 5 heteroatoms. The van der Waals surface area contributed by atoms with E-state index in [1.54, 1.807) is 24.9 Å². The van der Waals surface area contributed by atoms with E-state index in [0.29, 0.717) is 6.54 Å². The van der Waals surface area contributed by atoms with E-state index in [-0.39, 0.29) is 0 Å². The minimum absolute atomic E-state index is 0.670. The largest absolute Gasteiger partial charge is 0.330 e. The lowest BCUT2D eigenvalue weighted by molar-refractivity contribution is 0.733. The molecule has 21 heavy (non-hydrogen) atoms. The highest BCUT2D eigenvalue weighted by molar-refractivity contribution is 5.77. The number of hydrogen-bond donors (Lipinski definition) is 0. The van der Waals surface area contributed by atoms with Crippen molar-refractivity contribution in [3.05, 3.63) is 73.3 Å². The third-order valence-electron chi connectivity index (χ3n) is 3.42. The molecule has 0 spiro atoms. The molecule has 3 aromatic heterocycles. The van der Waals surface area contributed by atoms with Gasteiger partial charge in [0.15, 0.2) is 0 Å². The van der Waals surface area contributed by atoms with Crippen molar-refractivity contribution < 1.29 is 0 Å². The van der Waals surface area contributed by atoms with Gasteiger partial charge in [0.05, 0.1) is 24.6 Å². The van der Waals surface area contributed by atoms with E-state index in [4.69, 9.17) is 4.98 Å². The Labute approximate surface area is 121 Å². The SMILES string of the molecule is c1ccc(-n2c(Cn3ccnc3)nc3cnccc32)cc1. The van der Waals surface area contributed by atoms with E-state index < -0.39 is 0 Å². The van der Waals surface area contributed by atoms with E-state index in [1.807, 2.05) is 35.0 Å². The van der Waals surface area contributed by atoms with Crippen molar-refractivity contribution in [1.29, 1.82) is 0 Å². The molecular weight excluding hydrogens is 262 g/mol. The van der Waals surface area contributed by atoms with Crippen LogP contribution in [0.1, 0.15) is 5.82 Å². The van der Waals surface area contributed by atoms with Gasteiger partial charge in [0.25, 0.3) is 0 Å². The molecule has 0 radical (unpaired) electrons. The zero-order valence-electron chi connectivity index (χ0n) is 11.3. The lowest BCUT2D eigenvalue weighted by atomic mass is 10.3. The molecule has 0 N–H and O–H groups in total.